The Bertz CT molecular complexity index is 825. The van der Waals surface area contributed by atoms with Crippen LogP contribution in [0.15, 0.2) is 54.6 Å². The molecule has 6 nitrogen and oxygen atoms in total. The Morgan fingerprint density at radius 2 is 1.59 bits per heavy atom. The summed E-state index contributed by atoms with van der Waals surface area (Å²) >= 11 is 0. The molecule has 0 aromatic heterocycles. The van der Waals surface area contributed by atoms with Crippen molar-refractivity contribution in [2.45, 2.75) is 44.7 Å². The molecule has 29 heavy (non-hydrogen) atoms. The van der Waals surface area contributed by atoms with Crippen LogP contribution in [0.5, 0.6) is 0 Å². The number of carbonyl (C=O) groups excluding carboxylic acids is 3. The molecule has 0 radical (unpaired) electrons. The minimum absolute atomic E-state index is 0.168. The highest BCUT2D eigenvalue weighted by Crippen LogP contribution is 2.09. The summed E-state index contributed by atoms with van der Waals surface area (Å²) in [6.45, 7) is 1.30. The molecular formula is C22H26FN3O3. The number of nitrogens with two attached hydrogens (primary N) is 1. The average Bonchev–Trinajstić information content (AvgIpc) is 2.68. The van der Waals surface area contributed by atoms with Crippen LogP contribution in [-0.4, -0.2) is 29.8 Å². The molecule has 0 spiro atoms. The van der Waals surface area contributed by atoms with Crippen LogP contribution in [0.1, 0.15) is 30.9 Å². The summed E-state index contributed by atoms with van der Waals surface area (Å²) in [6, 6.07) is 13.7. The largest absolute Gasteiger partial charge is 0.368 e. The van der Waals surface area contributed by atoms with Gasteiger partial charge in [-0.2, -0.15) is 0 Å². The molecule has 0 saturated heterocycles. The lowest BCUT2D eigenvalue weighted by atomic mass is 10.0. The molecule has 0 unspecified atom stereocenters. The van der Waals surface area contributed by atoms with Crippen molar-refractivity contribution in [3.05, 3.63) is 71.5 Å². The van der Waals surface area contributed by atoms with Gasteiger partial charge in [0.2, 0.25) is 17.7 Å². The summed E-state index contributed by atoms with van der Waals surface area (Å²) in [5.41, 5.74) is 7.27. The monoisotopic (exact) mass is 399 g/mol. The number of halogens is 1. The Morgan fingerprint density at radius 1 is 0.931 bits per heavy atom. The molecule has 0 aliphatic rings. The van der Waals surface area contributed by atoms with Gasteiger partial charge in [-0.1, -0.05) is 42.5 Å². The first-order valence-electron chi connectivity index (χ1n) is 9.50. The van der Waals surface area contributed by atoms with Crippen molar-refractivity contribution < 1.29 is 18.8 Å². The molecule has 4 N–H and O–H groups in total. The van der Waals surface area contributed by atoms with Gasteiger partial charge in [0.15, 0.2) is 0 Å². The van der Waals surface area contributed by atoms with Gasteiger partial charge >= 0.3 is 0 Å². The highest BCUT2D eigenvalue weighted by Gasteiger charge is 2.25. The fourth-order valence-corrected chi connectivity index (χ4v) is 3.02. The first-order chi connectivity index (χ1) is 13.8. The molecular weight excluding hydrogens is 373 g/mol. The summed E-state index contributed by atoms with van der Waals surface area (Å²) in [5.74, 6) is -1.91. The molecule has 0 fully saturated rings. The molecule has 154 valence electrons. The lowest BCUT2D eigenvalue weighted by Crippen LogP contribution is -2.53. The summed E-state index contributed by atoms with van der Waals surface area (Å²) in [6.07, 6.45) is 1.98. The summed E-state index contributed by atoms with van der Waals surface area (Å²) < 4.78 is 13.1. The van der Waals surface area contributed by atoms with Gasteiger partial charge in [0, 0.05) is 13.3 Å². The van der Waals surface area contributed by atoms with Crippen LogP contribution in [0.25, 0.3) is 0 Å². The molecule has 0 bridgehead atoms. The molecule has 2 aromatic rings. The molecule has 3 amide bonds. The van der Waals surface area contributed by atoms with Gasteiger partial charge in [-0.25, -0.2) is 4.39 Å². The maximum Gasteiger partial charge on any atom is 0.243 e. The van der Waals surface area contributed by atoms with E-state index < -0.39 is 23.9 Å². The third-order valence-electron chi connectivity index (χ3n) is 4.51. The van der Waals surface area contributed by atoms with E-state index in [1.165, 1.54) is 19.1 Å². The predicted octanol–water partition coefficient (Wildman–Crippen LogP) is 1.87. The van der Waals surface area contributed by atoms with Crippen LogP contribution in [0, 0.1) is 5.82 Å². The van der Waals surface area contributed by atoms with Gasteiger partial charge in [0.25, 0.3) is 0 Å². The van der Waals surface area contributed by atoms with Crippen molar-refractivity contribution in [3.8, 4) is 0 Å². The van der Waals surface area contributed by atoms with Crippen LogP contribution in [0.2, 0.25) is 0 Å². The van der Waals surface area contributed by atoms with E-state index in [0.29, 0.717) is 18.4 Å². The zero-order chi connectivity index (χ0) is 21.2. The van der Waals surface area contributed by atoms with E-state index in [1.807, 2.05) is 30.3 Å². The Hall–Kier alpha value is -3.22. The normalized spacial score (nSPS) is 12.6. The highest BCUT2D eigenvalue weighted by molar-refractivity contribution is 5.91. The van der Waals surface area contributed by atoms with E-state index in [1.54, 1.807) is 12.1 Å². The number of hydrogen-bond donors (Lipinski definition) is 3. The number of primary amides is 1. The van der Waals surface area contributed by atoms with Crippen LogP contribution < -0.4 is 16.4 Å². The molecule has 2 aromatic carbocycles. The van der Waals surface area contributed by atoms with Gasteiger partial charge in [-0.05, 0) is 42.5 Å². The molecule has 2 atom stereocenters. The van der Waals surface area contributed by atoms with E-state index in [0.717, 1.165) is 12.0 Å². The molecule has 0 aliphatic heterocycles. The lowest BCUT2D eigenvalue weighted by molar-refractivity contribution is -0.130. The highest BCUT2D eigenvalue weighted by atomic mass is 19.1. The maximum absolute atomic E-state index is 13.1. The first kappa shape index (κ1) is 22.1. The number of carbonyl (C=O) groups is 3. The van der Waals surface area contributed by atoms with Gasteiger partial charge in [0.1, 0.15) is 17.9 Å². The topological polar surface area (TPSA) is 101 Å². The van der Waals surface area contributed by atoms with Crippen molar-refractivity contribution in [2.75, 3.05) is 0 Å². The van der Waals surface area contributed by atoms with Crippen molar-refractivity contribution >= 4 is 17.7 Å². The standard InChI is InChI=1S/C22H26FN3O3/c1-15(27)25-20(14-17-10-12-18(23)13-11-17)22(29)26-19(21(24)28)9-5-8-16-6-3-2-4-7-16/h2-4,6-7,10-13,19-20H,5,8-9,14H2,1H3,(H2,24,28)(H,25,27)(H,26,29)/t19-,20-/m1/s1. The molecule has 0 aliphatic carbocycles. The quantitative estimate of drug-likeness (QED) is 0.568. The number of rotatable bonds is 10. The second-order valence-electron chi connectivity index (χ2n) is 6.93. The fourth-order valence-electron chi connectivity index (χ4n) is 3.02. The lowest BCUT2D eigenvalue weighted by Gasteiger charge is -2.21. The number of nitrogens with one attached hydrogen (secondary N) is 2. The average molecular weight is 399 g/mol. The minimum Gasteiger partial charge on any atom is -0.368 e. The molecule has 0 heterocycles. The second kappa shape index (κ2) is 10.9. The van der Waals surface area contributed by atoms with Crippen LogP contribution in [-0.2, 0) is 27.2 Å². The van der Waals surface area contributed by atoms with Crippen molar-refractivity contribution in [1.29, 1.82) is 0 Å². The van der Waals surface area contributed by atoms with Crippen molar-refractivity contribution in [2.24, 2.45) is 5.73 Å². The number of benzene rings is 2. The third-order valence-corrected chi connectivity index (χ3v) is 4.51. The van der Waals surface area contributed by atoms with Gasteiger partial charge < -0.3 is 16.4 Å². The number of amides is 3. The van der Waals surface area contributed by atoms with Crippen molar-refractivity contribution in [3.63, 3.8) is 0 Å². The third kappa shape index (κ3) is 7.73. The van der Waals surface area contributed by atoms with Crippen molar-refractivity contribution in [1.82, 2.24) is 10.6 Å². The number of aryl methyl sites for hydroxylation is 1. The number of hydrogen-bond acceptors (Lipinski definition) is 3. The van der Waals surface area contributed by atoms with Gasteiger partial charge in [-0.3, -0.25) is 14.4 Å². The van der Waals surface area contributed by atoms with E-state index in [-0.39, 0.29) is 18.1 Å². The summed E-state index contributed by atoms with van der Waals surface area (Å²) in [4.78, 5) is 36.0. The Kier molecular flexibility index (Phi) is 8.33. The SMILES string of the molecule is CC(=O)N[C@H](Cc1ccc(F)cc1)C(=O)N[C@H](CCCc1ccccc1)C(N)=O. The fraction of sp³-hybridized carbons (Fsp3) is 0.318. The van der Waals surface area contributed by atoms with E-state index in [9.17, 15) is 18.8 Å². The van der Waals surface area contributed by atoms with E-state index in [4.69, 9.17) is 5.73 Å². The Labute approximate surface area is 169 Å². The van der Waals surface area contributed by atoms with Gasteiger partial charge in [0.05, 0.1) is 0 Å². The van der Waals surface area contributed by atoms with Gasteiger partial charge in [-0.15, -0.1) is 0 Å². The smallest absolute Gasteiger partial charge is 0.243 e. The first-order valence-corrected chi connectivity index (χ1v) is 9.50. The zero-order valence-electron chi connectivity index (χ0n) is 16.4. The zero-order valence-corrected chi connectivity index (χ0v) is 16.4. The van der Waals surface area contributed by atoms with Crippen LogP contribution in [0.3, 0.4) is 0 Å². The molecule has 0 saturated carbocycles. The van der Waals surface area contributed by atoms with Crippen LogP contribution >= 0.6 is 0 Å². The van der Waals surface area contributed by atoms with E-state index in [2.05, 4.69) is 10.6 Å². The molecule has 7 heteroatoms. The Morgan fingerprint density at radius 3 is 2.17 bits per heavy atom. The Balaban J connectivity index is 1.98. The van der Waals surface area contributed by atoms with Crippen LogP contribution in [0.4, 0.5) is 4.39 Å². The van der Waals surface area contributed by atoms with E-state index >= 15 is 0 Å². The summed E-state index contributed by atoms with van der Waals surface area (Å²) in [5, 5.41) is 5.21. The predicted molar refractivity (Wildman–Crippen MR) is 108 cm³/mol. The molecule has 2 rings (SSSR count). The minimum atomic E-state index is -0.895. The second-order valence-corrected chi connectivity index (χ2v) is 6.93. The maximum atomic E-state index is 13.1. The summed E-state index contributed by atoms with van der Waals surface area (Å²) in [7, 11) is 0.